The normalized spacial score (nSPS) is 16.3. The Labute approximate surface area is 174 Å². The number of rotatable bonds is 3. The summed E-state index contributed by atoms with van der Waals surface area (Å²) in [6.45, 7) is 6.81. The first kappa shape index (κ1) is 21.0. The van der Waals surface area contributed by atoms with Gasteiger partial charge in [0.15, 0.2) is 11.6 Å². The lowest BCUT2D eigenvalue weighted by atomic mass is 9.96. The van der Waals surface area contributed by atoms with Gasteiger partial charge in [0, 0.05) is 18.3 Å². The molecule has 160 valence electrons. The Balaban J connectivity index is 1.90. The maximum atomic E-state index is 14.0. The summed E-state index contributed by atoms with van der Waals surface area (Å²) in [5.74, 6) is -3.25. The van der Waals surface area contributed by atoms with Crippen LogP contribution in [0.15, 0.2) is 40.0 Å². The molecule has 0 aliphatic carbocycles. The van der Waals surface area contributed by atoms with E-state index in [2.05, 4.69) is 9.83 Å². The Bertz CT molecular complexity index is 1430. The number of H-pyrrole nitrogens is 1. The first-order valence-corrected chi connectivity index (χ1v) is 10.4. The lowest BCUT2D eigenvalue weighted by Crippen LogP contribution is -2.37. The summed E-state index contributed by atoms with van der Waals surface area (Å²) in [5, 5.41) is -0.0682. The zero-order chi connectivity index (χ0) is 22.5. The van der Waals surface area contributed by atoms with Crippen LogP contribution in [0.2, 0.25) is 0 Å². The van der Waals surface area contributed by atoms with E-state index in [1.54, 1.807) is 0 Å². The summed E-state index contributed by atoms with van der Waals surface area (Å²) in [7, 11) is -3.00. The number of aromatic nitrogens is 1. The quantitative estimate of drug-likeness (QED) is 0.622. The molecule has 11 heteroatoms. The molecule has 1 aliphatic heterocycles. The number of benzene rings is 2. The number of aromatic amines is 1. The summed E-state index contributed by atoms with van der Waals surface area (Å²) in [4.78, 5) is 17.5. The van der Waals surface area contributed by atoms with Gasteiger partial charge in [-0.2, -0.15) is 4.31 Å². The van der Waals surface area contributed by atoms with Crippen LogP contribution in [-0.2, 0) is 21.4 Å². The number of nitrogens with zero attached hydrogens (tertiary/aromatic N) is 2. The van der Waals surface area contributed by atoms with Crippen molar-refractivity contribution in [3.8, 4) is 0 Å². The highest BCUT2D eigenvalue weighted by Gasteiger charge is 2.35. The molecular weight excluding hydrogens is 435 g/mol. The molecule has 0 bridgehead atoms. The molecule has 7 nitrogen and oxygen atoms in total. The molecule has 0 amide bonds. The molecule has 1 atom stereocenters. The van der Waals surface area contributed by atoms with Gasteiger partial charge in [0.25, 0.3) is 5.56 Å². The van der Waals surface area contributed by atoms with Crippen LogP contribution in [-0.4, -0.2) is 31.4 Å². The number of halogens is 3. The summed E-state index contributed by atoms with van der Waals surface area (Å²) in [6.07, 6.45) is 0. The summed E-state index contributed by atoms with van der Waals surface area (Å²) in [6, 6.07) is 3.43. The van der Waals surface area contributed by atoms with Gasteiger partial charge in [0.05, 0.1) is 36.1 Å². The maximum absolute atomic E-state index is 14.0. The zero-order valence-electron chi connectivity index (χ0n) is 15.9. The number of ether oxygens (including phenoxy) is 1. The molecule has 1 N–H and O–H groups in total. The molecule has 0 spiro atoms. The summed E-state index contributed by atoms with van der Waals surface area (Å²) in [5.41, 5.74) is -0.606. The fourth-order valence-corrected chi connectivity index (χ4v) is 4.94. The third-order valence-electron chi connectivity index (χ3n) is 5.19. The third kappa shape index (κ3) is 3.38. The fraction of sp³-hybridized carbons (Fsp3) is 0.200. The zero-order valence-corrected chi connectivity index (χ0v) is 16.8. The van der Waals surface area contributed by atoms with E-state index in [-0.39, 0.29) is 40.1 Å². The van der Waals surface area contributed by atoms with Crippen LogP contribution >= 0.6 is 0 Å². The topological polar surface area (TPSA) is 83.8 Å². The van der Waals surface area contributed by atoms with Crippen molar-refractivity contribution in [2.75, 3.05) is 13.7 Å². The minimum atomic E-state index is -4.24. The van der Waals surface area contributed by atoms with E-state index in [4.69, 9.17) is 11.3 Å². The highest BCUT2D eigenvalue weighted by atomic mass is 32.2. The maximum Gasteiger partial charge on any atom is 0.256 e. The van der Waals surface area contributed by atoms with Crippen molar-refractivity contribution in [2.24, 2.45) is 0 Å². The number of nitrogens with one attached hydrogen (secondary N) is 1. The van der Waals surface area contributed by atoms with Crippen LogP contribution in [0.3, 0.4) is 0 Å². The second kappa shape index (κ2) is 7.49. The van der Waals surface area contributed by atoms with E-state index in [1.165, 1.54) is 7.05 Å². The molecule has 0 saturated heterocycles. The first-order chi connectivity index (χ1) is 14.6. The smallest absolute Gasteiger partial charge is 0.256 e. The second-order valence-electron chi connectivity index (χ2n) is 6.94. The average molecular weight is 449 g/mol. The Morgan fingerprint density at radius 1 is 1.13 bits per heavy atom. The largest absolute Gasteiger partial charge is 0.373 e. The Kier molecular flexibility index (Phi) is 5.09. The van der Waals surface area contributed by atoms with Crippen molar-refractivity contribution in [1.82, 2.24) is 9.29 Å². The van der Waals surface area contributed by atoms with Gasteiger partial charge in [-0.15, -0.1) is 0 Å². The number of sulfonamides is 1. The summed E-state index contributed by atoms with van der Waals surface area (Å²) < 4.78 is 74.1. The van der Waals surface area contributed by atoms with E-state index < -0.39 is 44.8 Å². The monoisotopic (exact) mass is 449 g/mol. The molecule has 31 heavy (non-hydrogen) atoms. The highest BCUT2D eigenvalue weighted by Crippen LogP contribution is 2.36. The van der Waals surface area contributed by atoms with E-state index in [0.29, 0.717) is 0 Å². The molecule has 2 heterocycles. The van der Waals surface area contributed by atoms with Gasteiger partial charge in [-0.3, -0.25) is 4.79 Å². The molecule has 4 rings (SSSR count). The number of hydrogen-bond donors (Lipinski definition) is 1. The minimum Gasteiger partial charge on any atom is -0.373 e. The van der Waals surface area contributed by atoms with E-state index >= 15 is 0 Å². The second-order valence-corrected chi connectivity index (χ2v) is 8.93. The number of likely N-dealkylation sites (N-methyl/N-ethyl adjacent to an activating group) is 1. The van der Waals surface area contributed by atoms with Crippen molar-refractivity contribution in [3.63, 3.8) is 0 Å². The molecule has 1 aromatic heterocycles. The van der Waals surface area contributed by atoms with E-state index in [9.17, 15) is 26.4 Å². The summed E-state index contributed by atoms with van der Waals surface area (Å²) >= 11 is 0. The van der Waals surface area contributed by atoms with Gasteiger partial charge in [-0.05, 0) is 35.7 Å². The van der Waals surface area contributed by atoms with Gasteiger partial charge in [0.1, 0.15) is 5.82 Å². The van der Waals surface area contributed by atoms with Crippen molar-refractivity contribution in [2.45, 2.75) is 17.5 Å². The van der Waals surface area contributed by atoms with Crippen LogP contribution in [0.5, 0.6) is 0 Å². The SMILES string of the molecule is [C-]#[N+]c1cc(S(=O)(=O)N(C)[C@@H]2COCc3[nH]c(=O)c4cc(F)c(F)cc4c32)ccc1F. The lowest BCUT2D eigenvalue weighted by molar-refractivity contribution is 0.0626. The van der Waals surface area contributed by atoms with Crippen molar-refractivity contribution < 1.29 is 26.3 Å². The van der Waals surface area contributed by atoms with Crippen molar-refractivity contribution in [3.05, 3.63) is 80.8 Å². The van der Waals surface area contributed by atoms with E-state index in [1.807, 2.05) is 0 Å². The van der Waals surface area contributed by atoms with Crippen LogP contribution in [0, 0.1) is 24.0 Å². The highest BCUT2D eigenvalue weighted by molar-refractivity contribution is 7.89. The number of fused-ring (bicyclic) bond motifs is 3. The lowest BCUT2D eigenvalue weighted by Gasteiger charge is -2.33. The van der Waals surface area contributed by atoms with Crippen LogP contribution in [0.25, 0.3) is 15.6 Å². The van der Waals surface area contributed by atoms with Crippen molar-refractivity contribution >= 4 is 26.5 Å². The van der Waals surface area contributed by atoms with Gasteiger partial charge in [-0.1, -0.05) is 0 Å². The predicted octanol–water partition coefficient (Wildman–Crippen LogP) is 3.39. The molecule has 1 aliphatic rings. The molecule has 2 aromatic carbocycles. The predicted molar refractivity (Wildman–Crippen MR) is 104 cm³/mol. The standard InChI is InChI=1S/C20H14F3N3O4S/c1-24-16-5-10(3-4-13(16)21)31(28,29)26(2)18-9-30-8-17-19(18)11-6-14(22)15(23)7-12(11)20(27)25-17/h3-7,18H,8-9H2,2H3,(H,25,27)/t18-/m1/s1. The van der Waals surface area contributed by atoms with Crippen LogP contribution < -0.4 is 5.56 Å². The minimum absolute atomic E-state index is 0.0533. The molecule has 0 radical (unpaired) electrons. The average Bonchev–Trinajstić information content (AvgIpc) is 2.74. The third-order valence-corrected chi connectivity index (χ3v) is 7.06. The fourth-order valence-electron chi connectivity index (χ4n) is 3.60. The van der Waals surface area contributed by atoms with Gasteiger partial charge >= 0.3 is 0 Å². The Morgan fingerprint density at radius 2 is 1.81 bits per heavy atom. The molecule has 0 saturated carbocycles. The van der Waals surface area contributed by atoms with E-state index in [0.717, 1.165) is 34.6 Å². The number of pyridine rings is 1. The Hall–Kier alpha value is -3.20. The molecule has 0 unspecified atom stereocenters. The van der Waals surface area contributed by atoms with Gasteiger partial charge in [0.2, 0.25) is 15.7 Å². The molecular formula is C20H14F3N3O4S. The van der Waals surface area contributed by atoms with Gasteiger partial charge < -0.3 is 9.72 Å². The van der Waals surface area contributed by atoms with Crippen LogP contribution in [0.4, 0.5) is 18.9 Å². The Morgan fingerprint density at radius 3 is 2.48 bits per heavy atom. The van der Waals surface area contributed by atoms with Crippen molar-refractivity contribution in [1.29, 1.82) is 0 Å². The number of hydrogen-bond acceptors (Lipinski definition) is 4. The molecule has 3 aromatic rings. The first-order valence-electron chi connectivity index (χ1n) is 8.91. The molecule has 0 fully saturated rings. The van der Waals surface area contributed by atoms with Crippen LogP contribution in [0.1, 0.15) is 17.3 Å². The van der Waals surface area contributed by atoms with Gasteiger partial charge in [-0.25, -0.2) is 26.4 Å².